The van der Waals surface area contributed by atoms with E-state index in [4.69, 9.17) is 0 Å². The number of hydrogen-bond donors (Lipinski definition) is 2. The largest absolute Gasteiger partial charge is 0.290 e. The molecule has 0 saturated heterocycles. The average molecular weight is 425 g/mol. The minimum atomic E-state index is -0.579. The summed E-state index contributed by atoms with van der Waals surface area (Å²) in [6.45, 7) is 7.69. The van der Waals surface area contributed by atoms with Gasteiger partial charge in [0.15, 0.2) is 5.69 Å². The molecule has 0 aliphatic rings. The Bertz CT molecular complexity index is 1170. The lowest BCUT2D eigenvalue weighted by molar-refractivity contribution is -0.119. The molecule has 156 valence electrons. The van der Waals surface area contributed by atoms with Crippen molar-refractivity contribution in [2.45, 2.75) is 38.6 Å². The van der Waals surface area contributed by atoms with Crippen molar-refractivity contribution in [3.05, 3.63) is 69.6 Å². The lowest BCUT2D eigenvalue weighted by Crippen LogP contribution is -2.43. The van der Waals surface area contributed by atoms with Crippen LogP contribution in [0.4, 0.5) is 0 Å². The third-order valence-corrected chi connectivity index (χ3v) is 5.69. The minimum absolute atomic E-state index is 0.0843. The standard InChI is InChI=1S/C22H24N4O3S/c1-13(2)26-22(29)18-8-6-5-7-17(18)20(25-26)21(28)24-23-19(27)12-30-16-10-9-14(3)15(4)11-16/h5-11,13H,12H2,1-4H3,(H,23,27)(H,24,28). The first-order valence-corrected chi connectivity index (χ1v) is 10.6. The van der Waals surface area contributed by atoms with Crippen LogP contribution in [0.25, 0.3) is 10.8 Å². The second-order valence-corrected chi connectivity index (χ2v) is 8.32. The first kappa shape index (κ1) is 21.6. The predicted molar refractivity (Wildman–Crippen MR) is 119 cm³/mol. The number of carbonyl (C=O) groups is 2. The van der Waals surface area contributed by atoms with Gasteiger partial charge in [-0.25, -0.2) is 4.68 Å². The Labute approximate surface area is 178 Å². The molecule has 0 fully saturated rings. The van der Waals surface area contributed by atoms with Gasteiger partial charge in [-0.15, -0.1) is 11.8 Å². The van der Waals surface area contributed by atoms with Crippen LogP contribution >= 0.6 is 11.8 Å². The van der Waals surface area contributed by atoms with Crippen LogP contribution in [0.15, 0.2) is 52.2 Å². The molecule has 2 aromatic carbocycles. The smallest absolute Gasteiger partial charge is 0.272 e. The van der Waals surface area contributed by atoms with E-state index in [1.54, 1.807) is 24.3 Å². The number of fused-ring (bicyclic) bond motifs is 1. The third-order valence-electron chi connectivity index (χ3n) is 4.70. The summed E-state index contributed by atoms with van der Waals surface area (Å²) in [6.07, 6.45) is 0. The van der Waals surface area contributed by atoms with Gasteiger partial charge in [-0.3, -0.25) is 25.2 Å². The summed E-state index contributed by atoms with van der Waals surface area (Å²) in [5, 5.41) is 5.07. The van der Waals surface area contributed by atoms with E-state index < -0.39 is 5.91 Å². The highest BCUT2D eigenvalue weighted by atomic mass is 32.2. The van der Waals surface area contributed by atoms with Gasteiger partial charge in [0.25, 0.3) is 11.5 Å². The number of hydrazine groups is 1. The molecule has 0 aliphatic heterocycles. The van der Waals surface area contributed by atoms with Gasteiger partial charge in [-0.1, -0.05) is 24.3 Å². The number of nitrogens with one attached hydrogen (secondary N) is 2. The Morgan fingerprint density at radius 3 is 2.40 bits per heavy atom. The van der Waals surface area contributed by atoms with E-state index in [0.29, 0.717) is 10.8 Å². The average Bonchev–Trinajstić information content (AvgIpc) is 2.73. The highest BCUT2D eigenvalue weighted by Gasteiger charge is 2.18. The number of hydrogen-bond acceptors (Lipinski definition) is 5. The summed E-state index contributed by atoms with van der Waals surface area (Å²) >= 11 is 1.39. The molecule has 0 radical (unpaired) electrons. The molecule has 3 rings (SSSR count). The predicted octanol–water partition coefficient (Wildman–Crippen LogP) is 3.15. The molecule has 8 heteroatoms. The monoisotopic (exact) mass is 424 g/mol. The van der Waals surface area contributed by atoms with Crippen molar-refractivity contribution in [2.75, 3.05) is 5.75 Å². The van der Waals surface area contributed by atoms with Gasteiger partial charge in [0.2, 0.25) is 5.91 Å². The van der Waals surface area contributed by atoms with Gasteiger partial charge in [0, 0.05) is 10.3 Å². The maximum absolute atomic E-state index is 12.7. The Morgan fingerprint density at radius 2 is 1.73 bits per heavy atom. The summed E-state index contributed by atoms with van der Waals surface area (Å²) in [5.74, 6) is -0.763. The first-order chi connectivity index (χ1) is 14.3. The number of nitrogens with zero attached hydrogens (tertiary/aromatic N) is 2. The lowest BCUT2D eigenvalue weighted by Gasteiger charge is -2.13. The first-order valence-electron chi connectivity index (χ1n) is 9.58. The highest BCUT2D eigenvalue weighted by Crippen LogP contribution is 2.20. The summed E-state index contributed by atoms with van der Waals surface area (Å²) in [5.41, 5.74) is 7.00. The zero-order chi connectivity index (χ0) is 21.8. The SMILES string of the molecule is Cc1ccc(SCC(=O)NNC(=O)c2nn(C(C)C)c(=O)c3ccccc23)cc1C. The molecule has 0 atom stereocenters. The van der Waals surface area contributed by atoms with Crippen molar-refractivity contribution in [3.8, 4) is 0 Å². The van der Waals surface area contributed by atoms with Crippen molar-refractivity contribution in [2.24, 2.45) is 0 Å². The summed E-state index contributed by atoms with van der Waals surface area (Å²) in [4.78, 5) is 38.4. The second-order valence-electron chi connectivity index (χ2n) is 7.27. The quantitative estimate of drug-likeness (QED) is 0.485. The maximum Gasteiger partial charge on any atom is 0.290 e. The number of aryl methyl sites for hydroxylation is 2. The fraction of sp³-hybridized carbons (Fsp3) is 0.273. The maximum atomic E-state index is 12.7. The van der Waals surface area contributed by atoms with Gasteiger partial charge in [-0.05, 0) is 57.0 Å². The van der Waals surface area contributed by atoms with Gasteiger partial charge in [0.1, 0.15) is 0 Å². The van der Waals surface area contributed by atoms with Crippen LogP contribution in [0.2, 0.25) is 0 Å². The van der Waals surface area contributed by atoms with E-state index in [1.165, 1.54) is 22.0 Å². The van der Waals surface area contributed by atoms with Gasteiger partial charge < -0.3 is 0 Å². The molecule has 0 aliphatic carbocycles. The summed E-state index contributed by atoms with van der Waals surface area (Å²) in [6, 6.07) is 12.6. The molecule has 0 bridgehead atoms. The van der Waals surface area contributed by atoms with Crippen molar-refractivity contribution in [1.82, 2.24) is 20.6 Å². The van der Waals surface area contributed by atoms with Crippen LogP contribution in [0.1, 0.15) is 41.5 Å². The Kier molecular flexibility index (Phi) is 6.56. The van der Waals surface area contributed by atoms with Crippen molar-refractivity contribution in [1.29, 1.82) is 0 Å². The van der Waals surface area contributed by atoms with Crippen LogP contribution in [0.5, 0.6) is 0 Å². The number of thioether (sulfide) groups is 1. The minimum Gasteiger partial charge on any atom is -0.272 e. The Hall–Kier alpha value is -3.13. The molecule has 0 unspecified atom stereocenters. The molecule has 30 heavy (non-hydrogen) atoms. The number of carbonyl (C=O) groups excluding carboxylic acids is 2. The van der Waals surface area contributed by atoms with Crippen molar-refractivity contribution in [3.63, 3.8) is 0 Å². The molecule has 2 N–H and O–H groups in total. The van der Waals surface area contributed by atoms with E-state index in [2.05, 4.69) is 16.0 Å². The normalized spacial score (nSPS) is 11.0. The van der Waals surface area contributed by atoms with Crippen LogP contribution in [-0.2, 0) is 4.79 Å². The topological polar surface area (TPSA) is 93.1 Å². The van der Waals surface area contributed by atoms with Crippen molar-refractivity contribution < 1.29 is 9.59 Å². The third kappa shape index (κ3) is 4.71. The second kappa shape index (κ2) is 9.13. The van der Waals surface area contributed by atoms with Gasteiger partial charge >= 0.3 is 0 Å². The molecule has 7 nitrogen and oxygen atoms in total. The van der Waals surface area contributed by atoms with E-state index in [-0.39, 0.29) is 29.0 Å². The summed E-state index contributed by atoms with van der Waals surface area (Å²) in [7, 11) is 0. The number of aromatic nitrogens is 2. The van der Waals surface area contributed by atoms with Crippen LogP contribution in [0, 0.1) is 13.8 Å². The molecule has 0 saturated carbocycles. The van der Waals surface area contributed by atoms with Gasteiger partial charge in [0.05, 0.1) is 17.2 Å². The van der Waals surface area contributed by atoms with E-state index >= 15 is 0 Å². The molecular weight excluding hydrogens is 400 g/mol. The lowest BCUT2D eigenvalue weighted by atomic mass is 10.1. The van der Waals surface area contributed by atoms with E-state index in [1.807, 2.05) is 45.9 Å². The fourth-order valence-electron chi connectivity index (χ4n) is 2.90. The number of rotatable bonds is 5. The van der Waals surface area contributed by atoms with E-state index in [9.17, 15) is 14.4 Å². The molecule has 0 spiro atoms. The van der Waals surface area contributed by atoms with E-state index in [0.717, 1.165) is 10.5 Å². The molecule has 3 aromatic rings. The fourth-order valence-corrected chi connectivity index (χ4v) is 3.69. The summed E-state index contributed by atoms with van der Waals surface area (Å²) < 4.78 is 1.27. The van der Waals surface area contributed by atoms with Gasteiger partial charge in [-0.2, -0.15) is 5.10 Å². The Morgan fingerprint density at radius 1 is 1.03 bits per heavy atom. The number of amides is 2. The zero-order valence-electron chi connectivity index (χ0n) is 17.4. The van der Waals surface area contributed by atoms with Crippen LogP contribution < -0.4 is 16.4 Å². The molecular formula is C22H24N4O3S. The Balaban J connectivity index is 1.70. The highest BCUT2D eigenvalue weighted by molar-refractivity contribution is 8.00. The molecule has 2 amide bonds. The molecule has 1 aromatic heterocycles. The molecule has 1 heterocycles. The van der Waals surface area contributed by atoms with Crippen LogP contribution in [0.3, 0.4) is 0 Å². The van der Waals surface area contributed by atoms with Crippen LogP contribution in [-0.4, -0.2) is 27.3 Å². The van der Waals surface area contributed by atoms with Crippen molar-refractivity contribution >= 4 is 34.3 Å². The zero-order valence-corrected chi connectivity index (χ0v) is 18.2. The number of benzene rings is 2.